The molecule has 2 atom stereocenters. The van der Waals surface area contributed by atoms with Crippen LogP contribution in [0.25, 0.3) is 0 Å². The molecule has 0 bridgehead atoms. The molecule has 0 radical (unpaired) electrons. The zero-order valence-electron chi connectivity index (χ0n) is 16.8. The fourth-order valence-corrected chi connectivity index (χ4v) is 3.10. The number of aryl methyl sites for hydroxylation is 2. The van der Waals surface area contributed by atoms with Crippen molar-refractivity contribution in [1.82, 2.24) is 5.01 Å². The van der Waals surface area contributed by atoms with Crippen LogP contribution in [0.4, 0.5) is 10.1 Å². The summed E-state index contributed by atoms with van der Waals surface area (Å²) in [7, 11) is 1.87. The van der Waals surface area contributed by atoms with E-state index in [1.165, 1.54) is 11.1 Å². The third kappa shape index (κ3) is 4.93. The van der Waals surface area contributed by atoms with E-state index in [4.69, 9.17) is 5.84 Å². The van der Waals surface area contributed by atoms with Gasteiger partial charge in [0.05, 0.1) is 5.69 Å². The van der Waals surface area contributed by atoms with E-state index in [0.717, 1.165) is 17.6 Å². The summed E-state index contributed by atoms with van der Waals surface area (Å²) < 4.78 is 14.6. The van der Waals surface area contributed by atoms with Crippen LogP contribution in [-0.4, -0.2) is 24.6 Å². The predicted octanol–water partition coefficient (Wildman–Crippen LogP) is 4.75. The average Bonchev–Trinajstić information content (AvgIpc) is 2.59. The van der Waals surface area contributed by atoms with E-state index in [-0.39, 0.29) is 17.8 Å². The lowest BCUT2D eigenvalue weighted by atomic mass is 9.91. The molecule has 140 valence electrons. The lowest BCUT2D eigenvalue weighted by Gasteiger charge is -2.28. The van der Waals surface area contributed by atoms with Crippen LogP contribution in [0.5, 0.6) is 0 Å². The van der Waals surface area contributed by atoms with Crippen molar-refractivity contribution in [3.05, 3.63) is 52.4 Å². The Balaban J connectivity index is 3.11. The number of hydrogen-bond donors (Lipinski definition) is 2. The minimum absolute atomic E-state index is 0.168. The molecule has 0 aliphatic carbocycles. The number of benzene rings is 1. The lowest BCUT2D eigenvalue weighted by molar-refractivity contribution is 0.220. The highest BCUT2D eigenvalue weighted by Gasteiger charge is 2.19. The molecule has 3 nitrogen and oxygen atoms in total. The molecule has 1 aromatic rings. The van der Waals surface area contributed by atoms with Crippen LogP contribution in [0, 0.1) is 25.6 Å². The van der Waals surface area contributed by atoms with Gasteiger partial charge >= 0.3 is 0 Å². The van der Waals surface area contributed by atoms with E-state index in [0.29, 0.717) is 17.8 Å². The molecule has 0 spiro atoms. The first-order chi connectivity index (χ1) is 11.6. The van der Waals surface area contributed by atoms with Crippen LogP contribution in [0.1, 0.15) is 44.4 Å². The normalized spacial score (nSPS) is 15.0. The first-order valence-corrected chi connectivity index (χ1v) is 8.97. The molecule has 0 aliphatic rings. The number of rotatable bonds is 8. The number of nitrogens with two attached hydrogens (primary N) is 1. The summed E-state index contributed by atoms with van der Waals surface area (Å²) in [6.07, 6.45) is 2.74. The van der Waals surface area contributed by atoms with Crippen molar-refractivity contribution in [3.63, 3.8) is 0 Å². The van der Waals surface area contributed by atoms with Gasteiger partial charge in [-0.25, -0.2) is 9.40 Å². The molecule has 25 heavy (non-hydrogen) atoms. The van der Waals surface area contributed by atoms with Crippen LogP contribution < -0.4 is 11.2 Å². The van der Waals surface area contributed by atoms with Gasteiger partial charge in [-0.2, -0.15) is 0 Å². The summed E-state index contributed by atoms with van der Waals surface area (Å²) in [5.74, 6) is 6.00. The Morgan fingerprint density at radius 1 is 1.40 bits per heavy atom. The standard InChI is InChI=1S/C21H34FN3/c1-9-18-11-13(3)20(22)21(16(18)6)24-12-19(10-2)15(5)14(4)17(7)25(8)23/h10-11,14,17,24H,2,9,12,23H2,1,3-8H3/b19-15+. The number of nitrogens with zero attached hydrogens (tertiary/aromatic N) is 1. The van der Waals surface area contributed by atoms with Crippen molar-refractivity contribution in [2.45, 2.75) is 54.0 Å². The highest BCUT2D eigenvalue weighted by molar-refractivity contribution is 5.58. The Hall–Kier alpha value is -1.65. The molecule has 0 fully saturated rings. The molecular formula is C21H34FN3. The van der Waals surface area contributed by atoms with Gasteiger partial charge in [-0.15, -0.1) is 0 Å². The summed E-state index contributed by atoms with van der Waals surface area (Å²) in [5, 5.41) is 5.03. The zero-order valence-corrected chi connectivity index (χ0v) is 16.8. The number of hydrogen-bond acceptors (Lipinski definition) is 3. The molecule has 4 heteroatoms. The minimum atomic E-state index is -0.168. The van der Waals surface area contributed by atoms with E-state index >= 15 is 0 Å². The van der Waals surface area contributed by atoms with E-state index in [9.17, 15) is 4.39 Å². The number of anilines is 1. The molecule has 0 aliphatic heterocycles. The molecule has 3 N–H and O–H groups in total. The minimum Gasteiger partial charge on any atom is -0.378 e. The molecule has 0 saturated carbocycles. The van der Waals surface area contributed by atoms with Gasteiger partial charge in [-0.05, 0) is 62.3 Å². The van der Waals surface area contributed by atoms with Crippen LogP contribution in [-0.2, 0) is 6.42 Å². The van der Waals surface area contributed by atoms with Gasteiger partial charge in [0.1, 0.15) is 5.82 Å². The van der Waals surface area contributed by atoms with Crippen molar-refractivity contribution >= 4 is 5.69 Å². The number of hydrazine groups is 1. The smallest absolute Gasteiger partial charge is 0.149 e. The van der Waals surface area contributed by atoms with Crippen molar-refractivity contribution < 1.29 is 4.39 Å². The highest BCUT2D eigenvalue weighted by Crippen LogP contribution is 2.28. The summed E-state index contributed by atoms with van der Waals surface area (Å²) in [6.45, 7) is 16.7. The maximum atomic E-state index is 14.6. The van der Waals surface area contributed by atoms with E-state index < -0.39 is 0 Å². The third-order valence-corrected chi connectivity index (χ3v) is 5.45. The first-order valence-electron chi connectivity index (χ1n) is 8.97. The molecule has 0 amide bonds. The monoisotopic (exact) mass is 347 g/mol. The molecule has 1 aromatic carbocycles. The second kappa shape index (κ2) is 9.16. The molecule has 0 heterocycles. The van der Waals surface area contributed by atoms with Gasteiger partial charge in [0.2, 0.25) is 0 Å². The maximum Gasteiger partial charge on any atom is 0.149 e. The van der Waals surface area contributed by atoms with Gasteiger partial charge in [-0.3, -0.25) is 5.84 Å². The topological polar surface area (TPSA) is 41.3 Å². The quantitative estimate of drug-likeness (QED) is 0.405. The Labute approximate surface area is 152 Å². The van der Waals surface area contributed by atoms with Gasteiger partial charge in [0.25, 0.3) is 0 Å². The Morgan fingerprint density at radius 2 is 2.00 bits per heavy atom. The fourth-order valence-electron chi connectivity index (χ4n) is 3.10. The van der Waals surface area contributed by atoms with Gasteiger partial charge in [0.15, 0.2) is 0 Å². The molecular weight excluding hydrogens is 313 g/mol. The average molecular weight is 348 g/mol. The maximum absolute atomic E-state index is 14.6. The lowest BCUT2D eigenvalue weighted by Crippen LogP contribution is -2.40. The Bertz CT molecular complexity index is 647. The van der Waals surface area contributed by atoms with Crippen molar-refractivity contribution in [1.29, 1.82) is 0 Å². The Kier molecular flexibility index (Phi) is 7.84. The third-order valence-electron chi connectivity index (χ3n) is 5.45. The summed E-state index contributed by atoms with van der Waals surface area (Å²) >= 11 is 0. The fraction of sp³-hybridized carbons (Fsp3) is 0.524. The van der Waals surface area contributed by atoms with Crippen molar-refractivity contribution in [3.8, 4) is 0 Å². The SMILES string of the molecule is C=C/C(CNc1c(C)c(CC)cc(C)c1F)=C(/C)C(C)C(C)N(C)N. The van der Waals surface area contributed by atoms with Crippen LogP contribution in [0.3, 0.4) is 0 Å². The summed E-state index contributed by atoms with van der Waals surface area (Å²) in [6, 6.07) is 2.14. The van der Waals surface area contributed by atoms with Gasteiger partial charge in [-0.1, -0.05) is 38.1 Å². The van der Waals surface area contributed by atoms with Crippen LogP contribution in [0.15, 0.2) is 29.9 Å². The molecule has 0 aromatic heterocycles. The largest absolute Gasteiger partial charge is 0.378 e. The van der Waals surface area contributed by atoms with E-state index in [1.54, 1.807) is 5.01 Å². The highest BCUT2D eigenvalue weighted by atomic mass is 19.1. The summed E-state index contributed by atoms with van der Waals surface area (Å²) in [5.41, 5.74) is 5.73. The van der Waals surface area contributed by atoms with Gasteiger partial charge < -0.3 is 5.32 Å². The molecule has 1 rings (SSSR count). The van der Waals surface area contributed by atoms with E-state index in [2.05, 4.69) is 39.6 Å². The zero-order chi connectivity index (χ0) is 19.3. The van der Waals surface area contributed by atoms with Crippen LogP contribution >= 0.6 is 0 Å². The van der Waals surface area contributed by atoms with E-state index in [1.807, 2.05) is 33.0 Å². The van der Waals surface area contributed by atoms with Crippen molar-refractivity contribution in [2.75, 3.05) is 18.9 Å². The Morgan fingerprint density at radius 3 is 2.48 bits per heavy atom. The first kappa shape index (κ1) is 21.4. The van der Waals surface area contributed by atoms with Crippen LogP contribution in [0.2, 0.25) is 0 Å². The number of nitrogens with one attached hydrogen (secondary N) is 1. The number of halogens is 1. The second-order valence-electron chi connectivity index (χ2n) is 6.98. The molecule has 2 unspecified atom stereocenters. The second-order valence-corrected chi connectivity index (χ2v) is 6.98. The molecule has 0 saturated heterocycles. The summed E-state index contributed by atoms with van der Waals surface area (Å²) in [4.78, 5) is 0. The predicted molar refractivity (Wildman–Crippen MR) is 107 cm³/mol. The van der Waals surface area contributed by atoms with Crippen molar-refractivity contribution in [2.24, 2.45) is 11.8 Å². The van der Waals surface area contributed by atoms with Gasteiger partial charge in [0, 0.05) is 19.6 Å².